The van der Waals surface area contributed by atoms with Gasteiger partial charge < -0.3 is 20.6 Å². The summed E-state index contributed by atoms with van der Waals surface area (Å²) in [5.41, 5.74) is 7.91. The van der Waals surface area contributed by atoms with Gasteiger partial charge in [-0.05, 0) is 54.1 Å². The van der Waals surface area contributed by atoms with Gasteiger partial charge in [-0.1, -0.05) is 6.07 Å². The van der Waals surface area contributed by atoms with Gasteiger partial charge in [-0.25, -0.2) is 0 Å². The standard InChI is InChI=1S/C14H22BrN3O/c1-17(2)8-11-6-12(19)9-18(11)14-4-3-10(7-16)5-13(14)15/h3-5,11-12,19H,6-9,16H2,1-2H3. The first-order chi connectivity index (χ1) is 9.01. The maximum atomic E-state index is 9.94. The number of β-amino-alcohol motifs (C(OH)–C–C–N with tert-alkyl or cyclic N) is 1. The number of rotatable bonds is 4. The van der Waals surface area contributed by atoms with Gasteiger partial charge in [0.2, 0.25) is 0 Å². The van der Waals surface area contributed by atoms with Crippen molar-refractivity contribution in [2.45, 2.75) is 25.1 Å². The molecule has 0 spiro atoms. The molecule has 0 radical (unpaired) electrons. The van der Waals surface area contributed by atoms with E-state index < -0.39 is 0 Å². The number of aliphatic hydroxyl groups is 1. The topological polar surface area (TPSA) is 52.7 Å². The first-order valence-electron chi connectivity index (χ1n) is 6.59. The average molecular weight is 328 g/mol. The Balaban J connectivity index is 2.23. The lowest BCUT2D eigenvalue weighted by atomic mass is 10.1. The van der Waals surface area contributed by atoms with Crippen LogP contribution in [0.15, 0.2) is 22.7 Å². The molecule has 4 nitrogen and oxygen atoms in total. The minimum atomic E-state index is -0.244. The van der Waals surface area contributed by atoms with Crippen LogP contribution in [0.2, 0.25) is 0 Å². The van der Waals surface area contributed by atoms with Crippen molar-refractivity contribution in [3.63, 3.8) is 0 Å². The van der Waals surface area contributed by atoms with Gasteiger partial charge in [0.25, 0.3) is 0 Å². The summed E-state index contributed by atoms with van der Waals surface area (Å²) in [5, 5.41) is 9.94. The van der Waals surface area contributed by atoms with E-state index in [-0.39, 0.29) is 6.10 Å². The summed E-state index contributed by atoms with van der Waals surface area (Å²) in [5.74, 6) is 0. The second-order valence-corrected chi connectivity index (χ2v) is 6.30. The summed E-state index contributed by atoms with van der Waals surface area (Å²) in [6.45, 7) is 2.18. The molecule has 0 saturated carbocycles. The maximum absolute atomic E-state index is 9.94. The summed E-state index contributed by atoms with van der Waals surface area (Å²) in [6, 6.07) is 6.56. The highest BCUT2D eigenvalue weighted by molar-refractivity contribution is 9.10. The molecule has 1 aromatic carbocycles. The van der Waals surface area contributed by atoms with Gasteiger partial charge in [0, 0.05) is 30.1 Å². The predicted molar refractivity (Wildman–Crippen MR) is 82.3 cm³/mol. The van der Waals surface area contributed by atoms with Crippen LogP contribution in [0.25, 0.3) is 0 Å². The Morgan fingerprint density at radius 2 is 2.21 bits per heavy atom. The fraction of sp³-hybridized carbons (Fsp3) is 0.571. The van der Waals surface area contributed by atoms with E-state index in [1.54, 1.807) is 0 Å². The van der Waals surface area contributed by atoms with E-state index in [0.29, 0.717) is 19.1 Å². The number of nitrogens with two attached hydrogens (primary N) is 1. The molecule has 2 rings (SSSR count). The Kier molecular flexibility index (Phi) is 4.84. The molecule has 3 N–H and O–H groups in total. The zero-order valence-electron chi connectivity index (χ0n) is 11.5. The lowest BCUT2D eigenvalue weighted by molar-refractivity contribution is 0.191. The second-order valence-electron chi connectivity index (χ2n) is 5.45. The van der Waals surface area contributed by atoms with Crippen molar-refractivity contribution in [1.82, 2.24) is 4.90 Å². The van der Waals surface area contributed by atoms with Crippen molar-refractivity contribution < 1.29 is 5.11 Å². The Bertz CT molecular complexity index is 439. The molecule has 1 saturated heterocycles. The van der Waals surface area contributed by atoms with E-state index in [2.05, 4.69) is 58.0 Å². The summed E-state index contributed by atoms with van der Waals surface area (Å²) in [7, 11) is 4.13. The minimum absolute atomic E-state index is 0.244. The van der Waals surface area contributed by atoms with Gasteiger partial charge in [0.15, 0.2) is 0 Å². The fourth-order valence-corrected chi connectivity index (χ4v) is 3.35. The van der Waals surface area contributed by atoms with Gasteiger partial charge in [-0.2, -0.15) is 0 Å². The molecule has 106 valence electrons. The Labute approximate surface area is 123 Å². The zero-order valence-corrected chi connectivity index (χ0v) is 13.1. The maximum Gasteiger partial charge on any atom is 0.0735 e. The van der Waals surface area contributed by atoms with Gasteiger partial charge in [0.05, 0.1) is 11.8 Å². The Hall–Kier alpha value is -0.620. The molecule has 0 bridgehead atoms. The monoisotopic (exact) mass is 327 g/mol. The molecule has 1 aromatic rings. The average Bonchev–Trinajstić information content (AvgIpc) is 2.69. The molecule has 1 aliphatic heterocycles. The molecule has 1 heterocycles. The Morgan fingerprint density at radius 3 is 2.79 bits per heavy atom. The molecular weight excluding hydrogens is 306 g/mol. The van der Waals surface area contributed by atoms with E-state index in [9.17, 15) is 5.11 Å². The largest absolute Gasteiger partial charge is 0.391 e. The third-order valence-electron chi connectivity index (χ3n) is 3.53. The molecular formula is C14H22BrN3O. The second kappa shape index (κ2) is 6.22. The van der Waals surface area contributed by atoms with E-state index >= 15 is 0 Å². The molecule has 0 aliphatic carbocycles. The van der Waals surface area contributed by atoms with E-state index in [4.69, 9.17) is 5.73 Å². The predicted octanol–water partition coefficient (Wildman–Crippen LogP) is 1.41. The summed E-state index contributed by atoms with van der Waals surface area (Å²) >= 11 is 3.62. The van der Waals surface area contributed by atoms with E-state index in [1.165, 1.54) is 0 Å². The van der Waals surface area contributed by atoms with Crippen molar-refractivity contribution in [3.05, 3.63) is 28.2 Å². The van der Waals surface area contributed by atoms with Crippen LogP contribution in [-0.2, 0) is 6.54 Å². The van der Waals surface area contributed by atoms with Crippen molar-refractivity contribution in [3.8, 4) is 0 Å². The number of benzene rings is 1. The number of nitrogens with zero attached hydrogens (tertiary/aromatic N) is 2. The van der Waals surface area contributed by atoms with Crippen LogP contribution in [0, 0.1) is 0 Å². The van der Waals surface area contributed by atoms with Gasteiger partial charge in [0.1, 0.15) is 0 Å². The normalized spacial score (nSPS) is 23.4. The first kappa shape index (κ1) is 14.8. The number of hydrogen-bond donors (Lipinski definition) is 2. The minimum Gasteiger partial charge on any atom is -0.391 e. The molecule has 1 fully saturated rings. The zero-order chi connectivity index (χ0) is 14.0. The number of likely N-dealkylation sites (N-methyl/N-ethyl adjacent to an activating group) is 1. The van der Waals surface area contributed by atoms with Crippen LogP contribution in [0.4, 0.5) is 5.69 Å². The van der Waals surface area contributed by atoms with Crippen LogP contribution in [0.1, 0.15) is 12.0 Å². The molecule has 5 heteroatoms. The molecule has 19 heavy (non-hydrogen) atoms. The Morgan fingerprint density at radius 1 is 1.47 bits per heavy atom. The molecule has 0 amide bonds. The summed E-state index contributed by atoms with van der Waals surface area (Å²) < 4.78 is 1.05. The number of aliphatic hydroxyl groups excluding tert-OH is 1. The van der Waals surface area contributed by atoms with Crippen molar-refractivity contribution in [2.24, 2.45) is 5.73 Å². The lowest BCUT2D eigenvalue weighted by Gasteiger charge is -2.29. The van der Waals surface area contributed by atoms with E-state index in [0.717, 1.165) is 28.7 Å². The van der Waals surface area contributed by atoms with Crippen molar-refractivity contribution in [2.75, 3.05) is 32.1 Å². The molecule has 2 atom stereocenters. The van der Waals surface area contributed by atoms with Crippen LogP contribution in [0.3, 0.4) is 0 Å². The van der Waals surface area contributed by atoms with Crippen molar-refractivity contribution >= 4 is 21.6 Å². The van der Waals surface area contributed by atoms with Crippen LogP contribution >= 0.6 is 15.9 Å². The third kappa shape index (κ3) is 3.48. The number of anilines is 1. The fourth-order valence-electron chi connectivity index (χ4n) is 2.69. The highest BCUT2D eigenvalue weighted by atomic mass is 79.9. The van der Waals surface area contributed by atoms with Crippen LogP contribution in [-0.4, -0.2) is 49.3 Å². The van der Waals surface area contributed by atoms with E-state index in [1.807, 2.05) is 0 Å². The highest BCUT2D eigenvalue weighted by Crippen LogP contribution is 2.33. The van der Waals surface area contributed by atoms with Gasteiger partial charge in [-0.3, -0.25) is 0 Å². The molecule has 0 aromatic heterocycles. The van der Waals surface area contributed by atoms with Gasteiger partial charge in [-0.15, -0.1) is 0 Å². The van der Waals surface area contributed by atoms with Gasteiger partial charge >= 0.3 is 0 Å². The SMILES string of the molecule is CN(C)CC1CC(O)CN1c1ccc(CN)cc1Br. The summed E-state index contributed by atoms with van der Waals surface area (Å²) in [6.07, 6.45) is 0.578. The lowest BCUT2D eigenvalue weighted by Crippen LogP contribution is -2.37. The highest BCUT2D eigenvalue weighted by Gasteiger charge is 2.32. The smallest absolute Gasteiger partial charge is 0.0735 e. The van der Waals surface area contributed by atoms with Crippen LogP contribution < -0.4 is 10.6 Å². The first-order valence-corrected chi connectivity index (χ1v) is 7.38. The number of hydrogen-bond acceptors (Lipinski definition) is 4. The number of halogens is 1. The quantitative estimate of drug-likeness (QED) is 0.878. The molecule has 2 unspecified atom stereocenters. The summed E-state index contributed by atoms with van der Waals surface area (Å²) in [4.78, 5) is 4.45. The van der Waals surface area contributed by atoms with Crippen molar-refractivity contribution in [1.29, 1.82) is 0 Å². The van der Waals surface area contributed by atoms with Crippen LogP contribution in [0.5, 0.6) is 0 Å². The molecule has 1 aliphatic rings. The third-order valence-corrected chi connectivity index (χ3v) is 4.16.